The zero-order valence-electron chi connectivity index (χ0n) is 19.8. The molecule has 2 rings (SSSR count). The van der Waals surface area contributed by atoms with Gasteiger partial charge in [0.1, 0.15) is 23.3 Å². The molecule has 0 amide bonds. The second-order valence-electron chi connectivity index (χ2n) is 8.66. The molecule has 0 spiro atoms. The number of hydrogen-bond donors (Lipinski definition) is 3. The number of rotatable bonds is 9. The molecule has 0 saturated heterocycles. The van der Waals surface area contributed by atoms with Crippen molar-refractivity contribution in [2.24, 2.45) is 0 Å². The van der Waals surface area contributed by atoms with Crippen molar-refractivity contribution in [3.63, 3.8) is 0 Å². The van der Waals surface area contributed by atoms with E-state index in [0.29, 0.717) is 5.56 Å². The normalized spacial score (nSPS) is 12.4. The van der Waals surface area contributed by atoms with Gasteiger partial charge in [0.2, 0.25) is 10.0 Å². The Hall–Kier alpha value is -3.20. The number of aromatic hydroxyl groups is 1. The van der Waals surface area contributed by atoms with Crippen molar-refractivity contribution in [3.05, 3.63) is 59.4 Å². The number of nitrogens with one attached hydrogen (secondary N) is 1. The molecule has 3 N–H and O–H groups in total. The highest BCUT2D eigenvalue weighted by Crippen LogP contribution is 2.34. The highest BCUT2D eigenvalue weighted by Gasteiger charge is 2.22. The summed E-state index contributed by atoms with van der Waals surface area (Å²) in [5.41, 5.74) is 2.47. The molecule has 0 atom stereocenters. The van der Waals surface area contributed by atoms with E-state index in [1.54, 1.807) is 0 Å². The highest BCUT2D eigenvalue weighted by molar-refractivity contribution is 7.89. The summed E-state index contributed by atoms with van der Waals surface area (Å²) in [6, 6.07) is 9.46. The number of sulfonamides is 1. The SMILES string of the molecule is CCN(CC)c1ccc(C(=COc2ccc(C(=O)O)c(O)c2)NS(C)(=O)=O)cc1C(C)(C)C. The standard InChI is InChI=1S/C24H32N2O6S/c1-7-26(8-2)21-12-9-16(13-19(21)24(3,4)5)20(25-33(6,30)31)15-32-17-10-11-18(23(28)29)22(27)14-17/h9-15,25,27H,7-8H2,1-6H3,(H,28,29). The lowest BCUT2D eigenvalue weighted by Crippen LogP contribution is -2.27. The van der Waals surface area contributed by atoms with Crippen molar-refractivity contribution in [1.82, 2.24) is 4.72 Å². The van der Waals surface area contributed by atoms with E-state index in [1.807, 2.05) is 18.2 Å². The van der Waals surface area contributed by atoms with E-state index in [2.05, 4.69) is 44.2 Å². The average Bonchev–Trinajstić information content (AvgIpc) is 2.70. The van der Waals surface area contributed by atoms with Crippen LogP contribution in [0.15, 0.2) is 42.7 Å². The van der Waals surface area contributed by atoms with E-state index < -0.39 is 21.7 Å². The largest absolute Gasteiger partial charge is 0.507 e. The number of aromatic carboxylic acids is 1. The van der Waals surface area contributed by atoms with E-state index >= 15 is 0 Å². The van der Waals surface area contributed by atoms with Gasteiger partial charge in [0.15, 0.2) is 0 Å². The van der Waals surface area contributed by atoms with E-state index in [0.717, 1.165) is 36.7 Å². The molecule has 0 aliphatic heterocycles. The average molecular weight is 477 g/mol. The number of carboxylic acids is 1. The molecule has 0 unspecified atom stereocenters. The Balaban J connectivity index is 2.55. The fraction of sp³-hybridized carbons (Fsp3) is 0.375. The first-order chi connectivity index (χ1) is 15.3. The van der Waals surface area contributed by atoms with E-state index in [9.17, 15) is 18.3 Å². The Morgan fingerprint density at radius 1 is 1.12 bits per heavy atom. The first-order valence-corrected chi connectivity index (χ1v) is 12.5. The van der Waals surface area contributed by atoms with Crippen molar-refractivity contribution in [3.8, 4) is 11.5 Å². The predicted molar refractivity (Wildman–Crippen MR) is 130 cm³/mol. The highest BCUT2D eigenvalue weighted by atomic mass is 32.2. The van der Waals surface area contributed by atoms with Crippen LogP contribution < -0.4 is 14.4 Å². The lowest BCUT2D eigenvalue weighted by molar-refractivity contribution is 0.0693. The molecule has 33 heavy (non-hydrogen) atoms. The van der Waals surface area contributed by atoms with Crippen molar-refractivity contribution in [2.45, 2.75) is 40.0 Å². The van der Waals surface area contributed by atoms with Crippen molar-refractivity contribution < 1.29 is 28.2 Å². The van der Waals surface area contributed by atoms with Crippen LogP contribution >= 0.6 is 0 Å². The summed E-state index contributed by atoms with van der Waals surface area (Å²) in [6.45, 7) is 12.1. The van der Waals surface area contributed by atoms with Gasteiger partial charge in [-0.3, -0.25) is 4.72 Å². The third-order valence-corrected chi connectivity index (χ3v) is 5.62. The molecule has 0 saturated carbocycles. The van der Waals surface area contributed by atoms with Crippen LogP contribution in [0.4, 0.5) is 5.69 Å². The molecule has 0 aliphatic rings. The number of carbonyl (C=O) groups is 1. The number of phenols is 1. The van der Waals surface area contributed by atoms with E-state index in [1.165, 1.54) is 18.4 Å². The number of benzene rings is 2. The Labute approximate surface area is 195 Å². The maximum atomic E-state index is 12.0. The number of carboxylic acid groups (broad SMARTS) is 1. The molecule has 0 bridgehead atoms. The minimum atomic E-state index is -3.62. The summed E-state index contributed by atoms with van der Waals surface area (Å²) in [7, 11) is -3.62. The van der Waals surface area contributed by atoms with Gasteiger partial charge in [-0.15, -0.1) is 0 Å². The van der Waals surface area contributed by atoms with Crippen LogP contribution in [-0.2, 0) is 15.4 Å². The quantitative estimate of drug-likeness (QED) is 0.465. The molecule has 0 aliphatic carbocycles. The van der Waals surface area contributed by atoms with Crippen LogP contribution in [0.3, 0.4) is 0 Å². The molecule has 0 fully saturated rings. The zero-order chi connectivity index (χ0) is 25.0. The van der Waals surface area contributed by atoms with Crippen LogP contribution in [0.25, 0.3) is 5.70 Å². The number of hydrogen-bond acceptors (Lipinski definition) is 6. The summed E-state index contributed by atoms with van der Waals surface area (Å²) in [4.78, 5) is 13.3. The minimum absolute atomic E-state index is 0.154. The monoisotopic (exact) mass is 476 g/mol. The van der Waals surface area contributed by atoms with Gasteiger partial charge < -0.3 is 19.8 Å². The Morgan fingerprint density at radius 2 is 1.76 bits per heavy atom. The molecule has 9 heteroatoms. The molecule has 0 radical (unpaired) electrons. The van der Waals surface area contributed by atoms with Crippen LogP contribution in [0.5, 0.6) is 11.5 Å². The second kappa shape index (κ2) is 10.2. The lowest BCUT2D eigenvalue weighted by atomic mass is 9.84. The summed E-state index contributed by atoms with van der Waals surface area (Å²) >= 11 is 0. The van der Waals surface area contributed by atoms with Crippen LogP contribution in [0, 0.1) is 0 Å². The maximum Gasteiger partial charge on any atom is 0.339 e. The van der Waals surface area contributed by atoms with Crippen molar-refractivity contribution in [2.75, 3.05) is 24.2 Å². The number of nitrogens with zero attached hydrogens (tertiary/aromatic N) is 1. The summed E-state index contributed by atoms with van der Waals surface area (Å²) in [5, 5.41) is 18.9. The molecule has 180 valence electrons. The summed E-state index contributed by atoms with van der Waals surface area (Å²) in [5.74, 6) is -1.57. The van der Waals surface area contributed by atoms with Gasteiger partial charge in [-0.2, -0.15) is 0 Å². The Kier molecular flexibility index (Phi) is 8.02. The van der Waals surface area contributed by atoms with Gasteiger partial charge in [0.05, 0.1) is 12.0 Å². The van der Waals surface area contributed by atoms with Gasteiger partial charge in [-0.05, 0) is 49.1 Å². The molecule has 2 aromatic rings. The van der Waals surface area contributed by atoms with Gasteiger partial charge >= 0.3 is 5.97 Å². The van der Waals surface area contributed by atoms with Crippen molar-refractivity contribution in [1.29, 1.82) is 0 Å². The molecule has 8 nitrogen and oxygen atoms in total. The van der Waals surface area contributed by atoms with Crippen molar-refractivity contribution >= 4 is 27.4 Å². The van der Waals surface area contributed by atoms with E-state index in [4.69, 9.17) is 9.84 Å². The topological polar surface area (TPSA) is 116 Å². The van der Waals surface area contributed by atoms with Gasteiger partial charge in [0, 0.05) is 30.4 Å². The van der Waals surface area contributed by atoms with Crippen LogP contribution in [-0.4, -0.2) is 43.9 Å². The Bertz CT molecular complexity index is 1150. The third-order valence-electron chi connectivity index (χ3n) is 5.03. The first kappa shape index (κ1) is 26.1. The summed E-state index contributed by atoms with van der Waals surface area (Å²) < 4.78 is 32.1. The van der Waals surface area contributed by atoms with Gasteiger partial charge in [-0.25, -0.2) is 13.2 Å². The smallest absolute Gasteiger partial charge is 0.339 e. The molecular formula is C24H32N2O6S. The number of ether oxygens (including phenoxy) is 1. The zero-order valence-corrected chi connectivity index (χ0v) is 20.7. The van der Waals surface area contributed by atoms with Gasteiger partial charge in [-0.1, -0.05) is 26.8 Å². The summed E-state index contributed by atoms with van der Waals surface area (Å²) in [6.07, 6.45) is 2.28. The molecule has 2 aromatic carbocycles. The maximum absolute atomic E-state index is 12.0. The fourth-order valence-corrected chi connectivity index (χ4v) is 3.95. The molecule has 0 heterocycles. The third kappa shape index (κ3) is 6.89. The molecular weight excluding hydrogens is 444 g/mol. The Morgan fingerprint density at radius 3 is 2.24 bits per heavy atom. The van der Waals surface area contributed by atoms with Crippen LogP contribution in [0.2, 0.25) is 0 Å². The van der Waals surface area contributed by atoms with E-state index in [-0.39, 0.29) is 22.4 Å². The molecule has 0 aromatic heterocycles. The fourth-order valence-electron chi connectivity index (χ4n) is 3.39. The first-order valence-electron chi connectivity index (χ1n) is 10.6. The number of anilines is 1. The minimum Gasteiger partial charge on any atom is -0.507 e. The predicted octanol–water partition coefficient (Wildman–Crippen LogP) is 4.16. The van der Waals surface area contributed by atoms with Crippen LogP contribution in [0.1, 0.15) is 56.1 Å². The van der Waals surface area contributed by atoms with Gasteiger partial charge in [0.25, 0.3) is 0 Å². The second-order valence-corrected chi connectivity index (χ2v) is 10.4. The lowest BCUT2D eigenvalue weighted by Gasteiger charge is -2.31.